The number of hydroxylamine groups is 1. The third kappa shape index (κ3) is 6.68. The highest BCUT2D eigenvalue weighted by Crippen LogP contribution is 2.47. The van der Waals surface area contributed by atoms with Gasteiger partial charge in [0, 0.05) is 60.2 Å². The summed E-state index contributed by atoms with van der Waals surface area (Å²) in [6, 6.07) is 9.50. The highest BCUT2D eigenvalue weighted by atomic mass is 32.1. The van der Waals surface area contributed by atoms with Crippen molar-refractivity contribution in [3.05, 3.63) is 71.6 Å². The molecule has 1 spiro atoms. The van der Waals surface area contributed by atoms with Crippen molar-refractivity contribution in [1.82, 2.24) is 19.9 Å². The van der Waals surface area contributed by atoms with E-state index >= 15 is 0 Å². The van der Waals surface area contributed by atoms with Gasteiger partial charge in [-0.3, -0.25) is 14.7 Å². The van der Waals surface area contributed by atoms with Crippen LogP contribution in [0, 0.1) is 17.0 Å². The number of nitrogens with one attached hydrogen (secondary N) is 1. The number of halogens is 3. The lowest BCUT2D eigenvalue weighted by molar-refractivity contribution is 0.0112. The van der Waals surface area contributed by atoms with Gasteiger partial charge >= 0.3 is 0 Å². The van der Waals surface area contributed by atoms with E-state index in [0.717, 1.165) is 74.1 Å². The number of aromatic nitrogens is 3. The number of thiazole rings is 1. The molecule has 13 heteroatoms. The van der Waals surface area contributed by atoms with E-state index in [4.69, 9.17) is 9.57 Å². The van der Waals surface area contributed by atoms with Gasteiger partial charge in [-0.15, -0.1) is 11.3 Å². The number of rotatable bonds is 9. The van der Waals surface area contributed by atoms with Crippen LogP contribution in [-0.2, 0) is 4.84 Å². The van der Waals surface area contributed by atoms with E-state index in [2.05, 4.69) is 42.2 Å². The standard InChI is InChI=1S/C36H42F3N7O2S/c1-35(2,21-37)45-14-10-36(11-15-45)8-12-44(13-9-36)29-18-30(47-3)27(17-25(29)31-20-40-23-49-31)43-32-19-33(42-22-41-32)46-28(7-16-48-46)24-5-4-6-26(38)34(24)39/h4-6,17-20,22-23,28H,7-16,21H2,1-3H3,(H,41,42,43)/t28-/m1/s1. The molecule has 0 bridgehead atoms. The van der Waals surface area contributed by atoms with Gasteiger partial charge in [0.2, 0.25) is 0 Å². The Morgan fingerprint density at radius 1 is 1.06 bits per heavy atom. The van der Waals surface area contributed by atoms with Crippen LogP contribution in [-0.4, -0.2) is 72.0 Å². The molecular formula is C36H42F3N7O2S. The smallest absolute Gasteiger partial charge is 0.164 e. The summed E-state index contributed by atoms with van der Waals surface area (Å²) in [6.07, 6.45) is 8.14. The number of nitrogens with zero attached hydrogens (tertiary/aromatic N) is 6. The predicted octanol–water partition coefficient (Wildman–Crippen LogP) is 7.94. The van der Waals surface area contributed by atoms with Crippen LogP contribution in [0.1, 0.15) is 57.6 Å². The minimum absolute atomic E-state index is 0.215. The quantitative estimate of drug-likeness (QED) is 0.188. The van der Waals surface area contributed by atoms with Gasteiger partial charge in [-0.2, -0.15) is 0 Å². The van der Waals surface area contributed by atoms with E-state index in [1.807, 2.05) is 25.6 Å². The number of methoxy groups -OCH3 is 1. The van der Waals surface area contributed by atoms with E-state index in [-0.39, 0.29) is 12.2 Å². The maximum atomic E-state index is 14.7. The first-order chi connectivity index (χ1) is 23.7. The number of hydrogen-bond donors (Lipinski definition) is 1. The first-order valence-corrected chi connectivity index (χ1v) is 17.7. The minimum atomic E-state index is -0.898. The zero-order chi connectivity index (χ0) is 34.2. The van der Waals surface area contributed by atoms with Gasteiger partial charge in [-0.05, 0) is 70.2 Å². The van der Waals surface area contributed by atoms with Gasteiger partial charge < -0.3 is 15.0 Å². The second-order valence-corrected chi connectivity index (χ2v) is 14.7. The average molecular weight is 694 g/mol. The molecule has 5 heterocycles. The Morgan fingerprint density at radius 2 is 1.84 bits per heavy atom. The molecule has 3 saturated heterocycles. The van der Waals surface area contributed by atoms with Crippen LogP contribution in [0.25, 0.3) is 10.4 Å². The monoisotopic (exact) mass is 693 g/mol. The van der Waals surface area contributed by atoms with Gasteiger partial charge in [0.25, 0.3) is 0 Å². The van der Waals surface area contributed by atoms with Crippen molar-refractivity contribution < 1.29 is 22.7 Å². The molecule has 0 amide bonds. The Balaban J connectivity index is 1.12. The molecule has 1 N–H and O–H groups in total. The van der Waals surface area contributed by atoms with Crippen molar-refractivity contribution in [3.8, 4) is 16.2 Å². The Labute approximate surface area is 289 Å². The van der Waals surface area contributed by atoms with Crippen molar-refractivity contribution >= 4 is 34.3 Å². The van der Waals surface area contributed by atoms with Crippen molar-refractivity contribution in [2.75, 3.05) is 61.9 Å². The maximum Gasteiger partial charge on any atom is 0.164 e. The molecule has 3 fully saturated rings. The van der Waals surface area contributed by atoms with Gasteiger partial charge in [-0.1, -0.05) is 12.1 Å². The van der Waals surface area contributed by atoms with Gasteiger partial charge in [0.15, 0.2) is 17.5 Å². The molecule has 1 atom stereocenters. The van der Waals surface area contributed by atoms with Crippen molar-refractivity contribution in [3.63, 3.8) is 0 Å². The van der Waals surface area contributed by atoms with Crippen LogP contribution in [0.5, 0.6) is 5.75 Å². The number of likely N-dealkylation sites (tertiary alicyclic amines) is 1. The highest BCUT2D eigenvalue weighted by molar-refractivity contribution is 7.13. The molecule has 7 rings (SSSR count). The third-order valence-corrected chi connectivity index (χ3v) is 11.4. The summed E-state index contributed by atoms with van der Waals surface area (Å²) < 4.78 is 48.4. The molecule has 4 aromatic rings. The molecule has 9 nitrogen and oxygen atoms in total. The lowest BCUT2D eigenvalue weighted by Crippen LogP contribution is -2.53. The fourth-order valence-electron chi connectivity index (χ4n) is 7.47. The Bertz CT molecular complexity index is 1760. The van der Waals surface area contributed by atoms with Gasteiger partial charge in [0.05, 0.1) is 35.8 Å². The molecule has 0 aliphatic carbocycles. The zero-order valence-electron chi connectivity index (χ0n) is 28.1. The molecule has 3 aliphatic heterocycles. The van der Waals surface area contributed by atoms with Crippen LogP contribution in [0.2, 0.25) is 0 Å². The molecule has 0 unspecified atom stereocenters. The first-order valence-electron chi connectivity index (χ1n) is 16.8. The van der Waals surface area contributed by atoms with Crippen LogP contribution in [0.3, 0.4) is 0 Å². The molecule has 49 heavy (non-hydrogen) atoms. The van der Waals surface area contributed by atoms with Crippen LogP contribution >= 0.6 is 11.3 Å². The number of piperidine rings is 2. The van der Waals surface area contributed by atoms with E-state index in [9.17, 15) is 13.2 Å². The van der Waals surface area contributed by atoms with Gasteiger partial charge in [-0.25, -0.2) is 28.2 Å². The largest absolute Gasteiger partial charge is 0.494 e. The fraction of sp³-hybridized carbons (Fsp3) is 0.472. The Hall–Kier alpha value is -3.94. The average Bonchev–Trinajstić information content (AvgIpc) is 3.84. The number of hydrogen-bond acceptors (Lipinski definition) is 10. The SMILES string of the molecule is COc1cc(N2CCC3(CC2)CCN(C(C)(C)CF)CC3)c(-c2cncs2)cc1Nc1cc(N2OCC[C@@H]2c2cccc(F)c2F)ncn1. The first kappa shape index (κ1) is 33.6. The molecule has 260 valence electrons. The molecule has 0 saturated carbocycles. The second kappa shape index (κ2) is 13.8. The number of anilines is 4. The van der Waals surface area contributed by atoms with Crippen LogP contribution in [0.15, 0.2) is 54.4 Å². The number of ether oxygens (including phenoxy) is 1. The minimum Gasteiger partial charge on any atom is -0.494 e. The summed E-state index contributed by atoms with van der Waals surface area (Å²) in [5, 5.41) is 4.92. The van der Waals surface area contributed by atoms with Crippen LogP contribution < -0.4 is 20.0 Å². The second-order valence-electron chi connectivity index (χ2n) is 13.8. The lowest BCUT2D eigenvalue weighted by atomic mass is 9.70. The Morgan fingerprint density at radius 3 is 2.55 bits per heavy atom. The summed E-state index contributed by atoms with van der Waals surface area (Å²) >= 11 is 1.58. The molecule has 2 aromatic carbocycles. The summed E-state index contributed by atoms with van der Waals surface area (Å²) in [5.74, 6) is -0.221. The summed E-state index contributed by atoms with van der Waals surface area (Å²) in [6.45, 7) is 7.73. The van der Waals surface area contributed by atoms with E-state index in [1.54, 1.807) is 30.6 Å². The maximum absolute atomic E-state index is 14.7. The topological polar surface area (TPSA) is 78.9 Å². The number of benzene rings is 2. The van der Waals surface area contributed by atoms with Crippen molar-refractivity contribution in [2.45, 2.75) is 57.5 Å². The van der Waals surface area contributed by atoms with Crippen LogP contribution in [0.4, 0.5) is 36.2 Å². The Kier molecular flexibility index (Phi) is 9.42. The lowest BCUT2D eigenvalue weighted by Gasteiger charge is -2.50. The van der Waals surface area contributed by atoms with Gasteiger partial charge in [0.1, 0.15) is 24.6 Å². The van der Waals surface area contributed by atoms with E-state index < -0.39 is 23.2 Å². The predicted molar refractivity (Wildman–Crippen MR) is 186 cm³/mol. The fourth-order valence-corrected chi connectivity index (χ4v) is 8.11. The summed E-state index contributed by atoms with van der Waals surface area (Å²) in [4.78, 5) is 24.9. The van der Waals surface area contributed by atoms with Crippen molar-refractivity contribution in [1.29, 1.82) is 0 Å². The third-order valence-electron chi connectivity index (χ3n) is 10.6. The van der Waals surface area contributed by atoms with E-state index in [1.165, 1.54) is 17.5 Å². The summed E-state index contributed by atoms with van der Waals surface area (Å²) in [7, 11) is 1.65. The molecule has 2 aromatic heterocycles. The highest BCUT2D eigenvalue weighted by Gasteiger charge is 2.41. The molecular weight excluding hydrogens is 652 g/mol. The number of alkyl halides is 1. The van der Waals surface area contributed by atoms with Crippen molar-refractivity contribution in [2.24, 2.45) is 5.41 Å². The normalized spacial score (nSPS) is 19.8. The zero-order valence-corrected chi connectivity index (χ0v) is 28.9. The molecule has 0 radical (unpaired) electrons. The molecule has 3 aliphatic rings. The summed E-state index contributed by atoms with van der Waals surface area (Å²) in [5.41, 5.74) is 4.78. The van der Waals surface area contributed by atoms with E-state index in [0.29, 0.717) is 41.5 Å².